The third kappa shape index (κ3) is 5.21. The zero-order chi connectivity index (χ0) is 18.4. The number of carbonyl (C=O) groups is 1. The molecule has 0 fully saturated rings. The van der Waals surface area contributed by atoms with Gasteiger partial charge < -0.3 is 9.47 Å². The highest BCUT2D eigenvalue weighted by molar-refractivity contribution is 5.89. The molecule has 3 heteroatoms. The summed E-state index contributed by atoms with van der Waals surface area (Å²) in [5.41, 5.74) is 2.91. The highest BCUT2D eigenvalue weighted by Gasteiger charge is 2.20. The summed E-state index contributed by atoms with van der Waals surface area (Å²) in [7, 11) is 0. The van der Waals surface area contributed by atoms with Crippen LogP contribution in [-0.2, 0) is 10.2 Å². The molecule has 0 unspecified atom stereocenters. The Morgan fingerprint density at radius 3 is 2.48 bits per heavy atom. The van der Waals surface area contributed by atoms with Crippen molar-refractivity contribution in [3.8, 4) is 11.5 Å². The SMILES string of the molecule is CCOc1ccccc1/C=C/C(=O)Oc1ccc(C)cc1C(C)(C)C. The average Bonchev–Trinajstić information content (AvgIpc) is 2.55. The lowest BCUT2D eigenvalue weighted by atomic mass is 9.85. The van der Waals surface area contributed by atoms with Crippen molar-refractivity contribution in [2.75, 3.05) is 6.61 Å². The summed E-state index contributed by atoms with van der Waals surface area (Å²) in [6.07, 6.45) is 3.16. The molecule has 0 aliphatic rings. The third-order valence-corrected chi connectivity index (χ3v) is 3.77. The molecule has 0 saturated heterocycles. The zero-order valence-corrected chi connectivity index (χ0v) is 15.6. The van der Waals surface area contributed by atoms with E-state index in [9.17, 15) is 4.79 Å². The van der Waals surface area contributed by atoms with Crippen LogP contribution in [0.2, 0.25) is 0 Å². The Morgan fingerprint density at radius 2 is 1.80 bits per heavy atom. The second-order valence-corrected chi connectivity index (χ2v) is 6.97. The van der Waals surface area contributed by atoms with Gasteiger partial charge in [0.1, 0.15) is 11.5 Å². The maximum atomic E-state index is 12.3. The molecule has 0 amide bonds. The lowest BCUT2D eigenvalue weighted by Crippen LogP contribution is -2.15. The standard InChI is InChI=1S/C22H26O3/c1-6-24-19-10-8-7-9-17(19)12-14-21(23)25-20-13-11-16(2)15-18(20)22(3,4)5/h7-15H,6H2,1-5H3/b14-12+. The van der Waals surface area contributed by atoms with Crippen LogP contribution in [0.4, 0.5) is 0 Å². The van der Waals surface area contributed by atoms with Crippen molar-refractivity contribution in [3.05, 3.63) is 65.2 Å². The van der Waals surface area contributed by atoms with Crippen LogP contribution in [0.25, 0.3) is 6.08 Å². The number of esters is 1. The summed E-state index contributed by atoms with van der Waals surface area (Å²) in [5, 5.41) is 0. The molecule has 0 N–H and O–H groups in total. The van der Waals surface area contributed by atoms with Gasteiger partial charge >= 0.3 is 5.97 Å². The fourth-order valence-electron chi connectivity index (χ4n) is 2.52. The van der Waals surface area contributed by atoms with Gasteiger partial charge in [-0.3, -0.25) is 0 Å². The van der Waals surface area contributed by atoms with E-state index in [-0.39, 0.29) is 5.41 Å². The van der Waals surface area contributed by atoms with Gasteiger partial charge in [0.25, 0.3) is 0 Å². The van der Waals surface area contributed by atoms with E-state index < -0.39 is 5.97 Å². The van der Waals surface area contributed by atoms with Crippen molar-refractivity contribution < 1.29 is 14.3 Å². The molecule has 0 aromatic heterocycles. The van der Waals surface area contributed by atoms with Crippen LogP contribution in [0.3, 0.4) is 0 Å². The van der Waals surface area contributed by atoms with E-state index in [1.54, 1.807) is 6.08 Å². The van der Waals surface area contributed by atoms with Crippen molar-refractivity contribution in [2.45, 2.75) is 40.0 Å². The Bertz CT molecular complexity index is 767. The number of carbonyl (C=O) groups excluding carboxylic acids is 1. The van der Waals surface area contributed by atoms with Gasteiger partial charge in [-0.25, -0.2) is 4.79 Å². The molecular formula is C22H26O3. The van der Waals surface area contributed by atoms with Crippen LogP contribution in [0.5, 0.6) is 11.5 Å². The van der Waals surface area contributed by atoms with Gasteiger partial charge in [-0.15, -0.1) is 0 Å². The minimum atomic E-state index is -0.402. The Morgan fingerprint density at radius 1 is 1.08 bits per heavy atom. The average molecular weight is 338 g/mol. The number of rotatable bonds is 5. The van der Waals surface area contributed by atoms with Crippen molar-refractivity contribution >= 4 is 12.0 Å². The first-order valence-electron chi connectivity index (χ1n) is 8.54. The fraction of sp³-hybridized carbons (Fsp3) is 0.318. The number of para-hydroxylation sites is 1. The van der Waals surface area contributed by atoms with Gasteiger partial charge in [0.2, 0.25) is 0 Å². The predicted molar refractivity (Wildman–Crippen MR) is 102 cm³/mol. The Labute approximate surface area is 150 Å². The van der Waals surface area contributed by atoms with Crippen LogP contribution in [0.15, 0.2) is 48.5 Å². The fourth-order valence-corrected chi connectivity index (χ4v) is 2.52. The second-order valence-electron chi connectivity index (χ2n) is 6.97. The molecule has 0 heterocycles. The molecule has 0 saturated carbocycles. The number of benzene rings is 2. The number of aryl methyl sites for hydroxylation is 1. The zero-order valence-electron chi connectivity index (χ0n) is 15.6. The summed E-state index contributed by atoms with van der Waals surface area (Å²) >= 11 is 0. The summed E-state index contributed by atoms with van der Waals surface area (Å²) in [6, 6.07) is 13.5. The molecule has 2 aromatic rings. The molecule has 2 rings (SSSR count). The van der Waals surface area contributed by atoms with Crippen molar-refractivity contribution in [1.82, 2.24) is 0 Å². The summed E-state index contributed by atoms with van der Waals surface area (Å²) < 4.78 is 11.1. The van der Waals surface area contributed by atoms with Crippen molar-refractivity contribution in [3.63, 3.8) is 0 Å². The normalized spacial score (nSPS) is 11.6. The minimum Gasteiger partial charge on any atom is -0.493 e. The minimum absolute atomic E-state index is 0.104. The monoisotopic (exact) mass is 338 g/mol. The van der Waals surface area contributed by atoms with Gasteiger partial charge in [0, 0.05) is 17.2 Å². The molecule has 0 bridgehead atoms. The van der Waals surface area contributed by atoms with E-state index in [4.69, 9.17) is 9.47 Å². The lowest BCUT2D eigenvalue weighted by molar-refractivity contribution is -0.128. The van der Waals surface area contributed by atoms with Crippen LogP contribution in [0, 0.1) is 6.92 Å². The number of hydrogen-bond acceptors (Lipinski definition) is 3. The van der Waals surface area contributed by atoms with Gasteiger partial charge in [-0.2, -0.15) is 0 Å². The molecule has 0 radical (unpaired) electrons. The maximum absolute atomic E-state index is 12.3. The number of hydrogen-bond donors (Lipinski definition) is 0. The summed E-state index contributed by atoms with van der Waals surface area (Å²) in [5.74, 6) is 0.950. The quantitative estimate of drug-likeness (QED) is 0.421. The Balaban J connectivity index is 2.19. The highest BCUT2D eigenvalue weighted by atomic mass is 16.5. The lowest BCUT2D eigenvalue weighted by Gasteiger charge is -2.22. The molecule has 3 nitrogen and oxygen atoms in total. The van der Waals surface area contributed by atoms with Crippen molar-refractivity contribution in [1.29, 1.82) is 0 Å². The summed E-state index contributed by atoms with van der Waals surface area (Å²) in [6.45, 7) is 10.9. The first-order valence-corrected chi connectivity index (χ1v) is 8.54. The van der Waals surface area contributed by atoms with E-state index in [1.807, 2.05) is 50.2 Å². The van der Waals surface area contributed by atoms with Crippen molar-refractivity contribution in [2.24, 2.45) is 0 Å². The Kier molecular flexibility index (Phi) is 6.02. The predicted octanol–water partition coefficient (Wildman–Crippen LogP) is 5.31. The van der Waals surface area contributed by atoms with Crippen LogP contribution in [0.1, 0.15) is 44.4 Å². The maximum Gasteiger partial charge on any atom is 0.336 e. The highest BCUT2D eigenvalue weighted by Crippen LogP contribution is 2.32. The first kappa shape index (κ1) is 18.8. The van der Waals surface area contributed by atoms with Gasteiger partial charge in [-0.05, 0) is 37.5 Å². The molecule has 2 aromatic carbocycles. The molecular weight excluding hydrogens is 312 g/mol. The second kappa shape index (κ2) is 8.02. The molecule has 0 atom stereocenters. The van der Waals surface area contributed by atoms with E-state index in [0.717, 1.165) is 22.4 Å². The largest absolute Gasteiger partial charge is 0.493 e. The molecule has 0 aliphatic heterocycles. The van der Waals surface area contributed by atoms with E-state index in [1.165, 1.54) is 6.08 Å². The smallest absolute Gasteiger partial charge is 0.336 e. The molecule has 25 heavy (non-hydrogen) atoms. The molecule has 0 aliphatic carbocycles. The molecule has 132 valence electrons. The van der Waals surface area contributed by atoms with E-state index in [0.29, 0.717) is 12.4 Å². The third-order valence-electron chi connectivity index (χ3n) is 3.77. The van der Waals surface area contributed by atoms with Crippen LogP contribution >= 0.6 is 0 Å². The van der Waals surface area contributed by atoms with E-state index in [2.05, 4.69) is 26.8 Å². The van der Waals surface area contributed by atoms with Crippen LogP contribution in [-0.4, -0.2) is 12.6 Å². The van der Waals surface area contributed by atoms with E-state index >= 15 is 0 Å². The van der Waals surface area contributed by atoms with Gasteiger partial charge in [0.15, 0.2) is 0 Å². The number of ether oxygens (including phenoxy) is 2. The topological polar surface area (TPSA) is 35.5 Å². The first-order chi connectivity index (χ1) is 11.8. The molecule has 0 spiro atoms. The summed E-state index contributed by atoms with van der Waals surface area (Å²) in [4.78, 5) is 12.3. The van der Waals surface area contributed by atoms with Gasteiger partial charge in [-0.1, -0.05) is 56.7 Å². The Hall–Kier alpha value is -2.55. The van der Waals surface area contributed by atoms with Gasteiger partial charge in [0.05, 0.1) is 6.61 Å². The van der Waals surface area contributed by atoms with Crippen LogP contribution < -0.4 is 9.47 Å².